The van der Waals surface area contributed by atoms with Gasteiger partial charge in [-0.15, -0.1) is 5.16 Å². The third-order valence-corrected chi connectivity index (χ3v) is 1.92. The molecule has 0 unspecified atom stereocenters. The van der Waals surface area contributed by atoms with Crippen LogP contribution < -0.4 is 10.6 Å². The fourth-order valence-electron chi connectivity index (χ4n) is 1.26. The molecule has 1 rings (SSSR count). The molecule has 1 aromatic rings. The van der Waals surface area contributed by atoms with Crippen molar-refractivity contribution in [3.05, 3.63) is 41.0 Å². The minimum absolute atomic E-state index is 0.377. The van der Waals surface area contributed by atoms with Gasteiger partial charge in [-0.25, -0.2) is 0 Å². The average Bonchev–Trinajstić information content (AvgIpc) is 2.25. The Morgan fingerprint density at radius 3 is 3.07 bits per heavy atom. The highest BCUT2D eigenvalue weighted by Gasteiger charge is 1.95. The van der Waals surface area contributed by atoms with Crippen LogP contribution >= 0.6 is 0 Å². The van der Waals surface area contributed by atoms with Crippen molar-refractivity contribution in [2.45, 2.75) is 6.92 Å². The van der Waals surface area contributed by atoms with E-state index < -0.39 is 0 Å². The number of oxime groups is 1. The van der Waals surface area contributed by atoms with Crippen LogP contribution in [0.1, 0.15) is 6.92 Å². The summed E-state index contributed by atoms with van der Waals surface area (Å²) in [5.74, 6) is 0. The van der Waals surface area contributed by atoms with Gasteiger partial charge in [0, 0.05) is 23.7 Å². The maximum atomic E-state index is 4.93. The Hall–Kier alpha value is -1.90. The molecule has 0 saturated heterocycles. The monoisotopic (exact) mass is 202 g/mol. The summed E-state index contributed by atoms with van der Waals surface area (Å²) >= 11 is 0. The number of pyridine rings is 1. The summed E-state index contributed by atoms with van der Waals surface area (Å²) in [4.78, 5) is 9.05. The Morgan fingerprint density at radius 1 is 1.67 bits per heavy atom. The van der Waals surface area contributed by atoms with Gasteiger partial charge >= 0.3 is 0 Å². The van der Waals surface area contributed by atoms with E-state index in [1.54, 1.807) is 6.20 Å². The van der Waals surface area contributed by atoms with E-state index in [1.807, 2.05) is 31.2 Å². The van der Waals surface area contributed by atoms with E-state index in [0.717, 1.165) is 16.1 Å². The molecule has 3 nitrogen and oxygen atoms in total. The summed E-state index contributed by atoms with van der Waals surface area (Å²) < 4.78 is 0. The van der Waals surface area contributed by atoms with E-state index in [4.69, 9.17) is 4.84 Å². The summed E-state index contributed by atoms with van der Waals surface area (Å²) in [5, 5.41) is 5.07. The van der Waals surface area contributed by atoms with Crippen molar-refractivity contribution in [1.29, 1.82) is 0 Å². The van der Waals surface area contributed by atoms with Gasteiger partial charge in [0.25, 0.3) is 0 Å². The van der Waals surface area contributed by atoms with Crippen LogP contribution in [0.5, 0.6) is 0 Å². The molecule has 1 heterocycles. The van der Waals surface area contributed by atoms with E-state index >= 15 is 0 Å². The molecule has 0 N–H and O–H groups in total. The fraction of sp³-hybridized carbons (Fsp3) is 0.167. The molecule has 0 bridgehead atoms. The lowest BCUT2D eigenvalue weighted by Gasteiger charge is -2.00. The van der Waals surface area contributed by atoms with Crippen molar-refractivity contribution in [3.8, 4) is 0 Å². The van der Waals surface area contributed by atoms with Gasteiger partial charge in [0.1, 0.15) is 6.61 Å². The van der Waals surface area contributed by atoms with E-state index in [9.17, 15) is 0 Å². The van der Waals surface area contributed by atoms with Gasteiger partial charge in [0.05, 0.1) is 5.35 Å². The Balaban J connectivity index is 3.26. The van der Waals surface area contributed by atoms with Gasteiger partial charge in [-0.3, -0.25) is 4.98 Å². The minimum Gasteiger partial charge on any atom is -0.391 e. The van der Waals surface area contributed by atoms with E-state index in [-0.39, 0.29) is 0 Å². The van der Waals surface area contributed by atoms with Crippen LogP contribution in [-0.4, -0.2) is 18.3 Å². The molecule has 15 heavy (non-hydrogen) atoms. The molecule has 0 aliphatic heterocycles. The second-order valence-electron chi connectivity index (χ2n) is 2.93. The number of nitrogens with zero attached hydrogens (tertiary/aromatic N) is 2. The van der Waals surface area contributed by atoms with Crippen LogP contribution in [0.25, 0.3) is 12.2 Å². The lowest BCUT2D eigenvalue weighted by Crippen LogP contribution is -2.28. The average molecular weight is 202 g/mol. The largest absolute Gasteiger partial charge is 0.391 e. The molecule has 0 spiro atoms. The Labute approximate surface area is 89.1 Å². The van der Waals surface area contributed by atoms with Crippen molar-refractivity contribution in [3.63, 3.8) is 0 Å². The van der Waals surface area contributed by atoms with Crippen molar-refractivity contribution < 1.29 is 4.84 Å². The SMILES string of the molecule is C=NOCC(/C=C\C)=c1\cccnc1=C. The smallest absolute Gasteiger partial charge is 0.142 e. The summed E-state index contributed by atoms with van der Waals surface area (Å²) in [6.45, 7) is 9.45. The van der Waals surface area contributed by atoms with Gasteiger partial charge in [0.2, 0.25) is 0 Å². The minimum atomic E-state index is 0.377. The fourth-order valence-corrected chi connectivity index (χ4v) is 1.26. The van der Waals surface area contributed by atoms with Crippen molar-refractivity contribution in [2.24, 2.45) is 5.16 Å². The highest BCUT2D eigenvalue weighted by atomic mass is 16.6. The van der Waals surface area contributed by atoms with Gasteiger partial charge in [-0.1, -0.05) is 24.8 Å². The molecular formula is C12H14N2O. The molecule has 0 amide bonds. The highest BCUT2D eigenvalue weighted by Crippen LogP contribution is 1.96. The van der Waals surface area contributed by atoms with Crippen molar-refractivity contribution in [2.75, 3.05) is 6.61 Å². The van der Waals surface area contributed by atoms with Crippen LogP contribution in [-0.2, 0) is 4.84 Å². The van der Waals surface area contributed by atoms with Crippen LogP contribution in [0.2, 0.25) is 0 Å². The zero-order valence-electron chi connectivity index (χ0n) is 8.81. The first-order valence-corrected chi connectivity index (χ1v) is 4.63. The number of aromatic nitrogens is 1. The maximum absolute atomic E-state index is 4.93. The molecular weight excluding hydrogens is 188 g/mol. The lowest BCUT2D eigenvalue weighted by atomic mass is 10.2. The van der Waals surface area contributed by atoms with Gasteiger partial charge in [0.15, 0.2) is 0 Å². The molecule has 1 aromatic heterocycles. The Kier molecular flexibility index (Phi) is 4.29. The highest BCUT2D eigenvalue weighted by molar-refractivity contribution is 5.57. The molecule has 0 atom stereocenters. The summed E-state index contributed by atoms with van der Waals surface area (Å²) in [6.07, 6.45) is 5.61. The second kappa shape index (κ2) is 5.75. The van der Waals surface area contributed by atoms with Crippen LogP contribution in [0.3, 0.4) is 0 Å². The topological polar surface area (TPSA) is 34.5 Å². The summed E-state index contributed by atoms with van der Waals surface area (Å²) in [7, 11) is 0. The number of hydrogen-bond acceptors (Lipinski definition) is 3. The first kappa shape index (κ1) is 11.2. The van der Waals surface area contributed by atoms with Crippen molar-refractivity contribution in [1.82, 2.24) is 4.98 Å². The standard InChI is InChI=1S/C12H14N2O/c1-4-6-11(9-15-13-3)12-7-5-8-14-10(12)2/h4-8H,2-3,9H2,1H3/b6-4-,12-11+. The quantitative estimate of drug-likeness (QED) is 0.536. The van der Waals surface area contributed by atoms with E-state index in [1.165, 1.54) is 0 Å². The zero-order chi connectivity index (χ0) is 11.1. The number of allylic oxidation sites excluding steroid dienone is 1. The summed E-state index contributed by atoms with van der Waals surface area (Å²) in [5.41, 5.74) is 0.989. The third-order valence-electron chi connectivity index (χ3n) is 1.92. The Morgan fingerprint density at radius 2 is 2.47 bits per heavy atom. The maximum Gasteiger partial charge on any atom is 0.142 e. The molecule has 0 radical (unpaired) electrons. The van der Waals surface area contributed by atoms with Gasteiger partial charge in [-0.05, 0) is 13.0 Å². The first-order chi connectivity index (χ1) is 7.29. The molecule has 3 heteroatoms. The molecule has 0 aromatic carbocycles. The van der Waals surface area contributed by atoms with Gasteiger partial charge in [-0.2, -0.15) is 0 Å². The molecule has 0 aliphatic carbocycles. The predicted molar refractivity (Wildman–Crippen MR) is 62.7 cm³/mol. The second-order valence-corrected chi connectivity index (χ2v) is 2.93. The van der Waals surface area contributed by atoms with Gasteiger partial charge < -0.3 is 4.84 Å². The molecule has 0 aliphatic rings. The molecule has 78 valence electrons. The number of hydrogen-bond donors (Lipinski definition) is 0. The van der Waals surface area contributed by atoms with E-state index in [0.29, 0.717) is 6.61 Å². The molecule has 0 saturated carbocycles. The molecule has 0 fully saturated rings. The summed E-state index contributed by atoms with van der Waals surface area (Å²) in [6, 6.07) is 3.83. The van der Waals surface area contributed by atoms with Crippen LogP contribution in [0, 0.1) is 0 Å². The zero-order valence-corrected chi connectivity index (χ0v) is 8.81. The first-order valence-electron chi connectivity index (χ1n) is 4.63. The number of rotatable bonds is 4. The Bertz CT molecular complexity index is 463. The van der Waals surface area contributed by atoms with Crippen molar-refractivity contribution >= 4 is 18.9 Å². The van der Waals surface area contributed by atoms with Crippen LogP contribution in [0.15, 0.2) is 35.6 Å². The predicted octanol–water partition coefficient (Wildman–Crippen LogP) is 0.851. The third kappa shape index (κ3) is 3.06. The van der Waals surface area contributed by atoms with Crippen LogP contribution in [0.4, 0.5) is 0 Å². The van der Waals surface area contributed by atoms with E-state index in [2.05, 4.69) is 23.4 Å². The normalized spacial score (nSPS) is 12.6. The lowest BCUT2D eigenvalue weighted by molar-refractivity contribution is 0.183.